The maximum atomic E-state index is 11.5. The molecule has 0 fully saturated rings. The van der Waals surface area contributed by atoms with Crippen molar-refractivity contribution in [1.29, 1.82) is 0 Å². The SMILES string of the molecule is COc1ccc(Nc2ccn3ncc(-c4cccc(NS(C)(=O)=O)c4)c3n2)cn1. The number of ether oxygens (including phenoxy) is 1. The van der Waals surface area contributed by atoms with Crippen LogP contribution in [-0.2, 0) is 10.0 Å². The molecule has 2 N–H and O–H groups in total. The van der Waals surface area contributed by atoms with Crippen LogP contribution >= 0.6 is 0 Å². The average Bonchev–Trinajstić information content (AvgIpc) is 3.11. The van der Waals surface area contributed by atoms with Crippen molar-refractivity contribution in [2.75, 3.05) is 23.4 Å². The average molecular weight is 410 g/mol. The first-order chi connectivity index (χ1) is 13.9. The van der Waals surface area contributed by atoms with Gasteiger partial charge in [-0.05, 0) is 29.8 Å². The molecule has 0 atom stereocenters. The van der Waals surface area contributed by atoms with E-state index in [-0.39, 0.29) is 0 Å². The third-order valence-electron chi connectivity index (χ3n) is 4.06. The number of nitrogens with one attached hydrogen (secondary N) is 2. The Hall–Kier alpha value is -3.66. The van der Waals surface area contributed by atoms with Crippen LogP contribution < -0.4 is 14.8 Å². The number of sulfonamides is 1. The molecule has 29 heavy (non-hydrogen) atoms. The van der Waals surface area contributed by atoms with Crippen molar-refractivity contribution in [2.24, 2.45) is 0 Å². The molecule has 0 bridgehead atoms. The van der Waals surface area contributed by atoms with Gasteiger partial charge in [-0.1, -0.05) is 12.1 Å². The number of nitrogens with zero attached hydrogens (tertiary/aromatic N) is 4. The fourth-order valence-corrected chi connectivity index (χ4v) is 3.38. The summed E-state index contributed by atoms with van der Waals surface area (Å²) in [6, 6.07) is 12.5. The van der Waals surface area contributed by atoms with Gasteiger partial charge in [0.1, 0.15) is 5.82 Å². The molecule has 0 saturated carbocycles. The van der Waals surface area contributed by atoms with E-state index >= 15 is 0 Å². The highest BCUT2D eigenvalue weighted by Crippen LogP contribution is 2.27. The van der Waals surface area contributed by atoms with Crippen molar-refractivity contribution in [2.45, 2.75) is 0 Å². The number of hydrogen-bond acceptors (Lipinski definition) is 7. The molecule has 0 radical (unpaired) electrons. The summed E-state index contributed by atoms with van der Waals surface area (Å²) < 4.78 is 32.2. The summed E-state index contributed by atoms with van der Waals surface area (Å²) in [6.45, 7) is 0. The summed E-state index contributed by atoms with van der Waals surface area (Å²) in [7, 11) is -1.80. The van der Waals surface area contributed by atoms with Gasteiger partial charge in [0.15, 0.2) is 5.65 Å². The molecule has 3 heterocycles. The Kier molecular flexibility index (Phi) is 4.77. The molecule has 1 aromatic carbocycles. The number of benzene rings is 1. The summed E-state index contributed by atoms with van der Waals surface area (Å²) >= 11 is 0. The predicted octanol–water partition coefficient (Wildman–Crippen LogP) is 2.92. The van der Waals surface area contributed by atoms with Crippen molar-refractivity contribution < 1.29 is 13.2 Å². The first-order valence-corrected chi connectivity index (χ1v) is 10.5. The molecule has 4 aromatic rings. The van der Waals surface area contributed by atoms with Crippen LogP contribution in [0.2, 0.25) is 0 Å². The van der Waals surface area contributed by atoms with Gasteiger partial charge in [0.2, 0.25) is 15.9 Å². The third-order valence-corrected chi connectivity index (χ3v) is 4.67. The van der Waals surface area contributed by atoms with Gasteiger partial charge in [0.05, 0.1) is 31.4 Å². The van der Waals surface area contributed by atoms with Crippen molar-refractivity contribution in [3.8, 4) is 17.0 Å². The Morgan fingerprint density at radius 3 is 2.66 bits per heavy atom. The highest BCUT2D eigenvalue weighted by molar-refractivity contribution is 7.92. The van der Waals surface area contributed by atoms with Gasteiger partial charge in [0.25, 0.3) is 0 Å². The third kappa shape index (κ3) is 4.27. The number of methoxy groups -OCH3 is 1. The first kappa shape index (κ1) is 18.7. The van der Waals surface area contributed by atoms with Gasteiger partial charge in [0, 0.05) is 23.5 Å². The van der Waals surface area contributed by atoms with E-state index in [0.717, 1.165) is 23.1 Å². The molecule has 3 aromatic heterocycles. The van der Waals surface area contributed by atoms with Crippen LogP contribution in [0.4, 0.5) is 17.2 Å². The van der Waals surface area contributed by atoms with Crippen LogP contribution in [0.15, 0.2) is 61.1 Å². The maximum absolute atomic E-state index is 11.5. The molecule has 148 valence electrons. The summed E-state index contributed by atoms with van der Waals surface area (Å²) in [5.74, 6) is 1.15. The minimum atomic E-state index is -3.36. The molecular formula is C19H18N6O3S. The normalized spacial score (nSPS) is 11.4. The van der Waals surface area contributed by atoms with Gasteiger partial charge < -0.3 is 10.1 Å². The number of pyridine rings is 1. The molecule has 0 aliphatic heterocycles. The molecule has 0 spiro atoms. The Morgan fingerprint density at radius 1 is 1.07 bits per heavy atom. The number of hydrogen-bond donors (Lipinski definition) is 2. The van der Waals surface area contributed by atoms with E-state index in [1.165, 1.54) is 0 Å². The molecular weight excluding hydrogens is 392 g/mol. The lowest BCUT2D eigenvalue weighted by atomic mass is 10.1. The number of aromatic nitrogens is 4. The zero-order chi connectivity index (χ0) is 20.4. The lowest BCUT2D eigenvalue weighted by Gasteiger charge is -2.08. The van der Waals surface area contributed by atoms with Crippen LogP contribution in [0, 0.1) is 0 Å². The molecule has 0 unspecified atom stereocenters. The van der Waals surface area contributed by atoms with E-state index < -0.39 is 10.0 Å². The van der Waals surface area contributed by atoms with E-state index in [0.29, 0.717) is 23.0 Å². The summed E-state index contributed by atoms with van der Waals surface area (Å²) in [6.07, 6.45) is 6.26. The van der Waals surface area contributed by atoms with Crippen molar-refractivity contribution in [3.63, 3.8) is 0 Å². The van der Waals surface area contributed by atoms with Crippen LogP contribution in [0.3, 0.4) is 0 Å². The second-order valence-corrected chi connectivity index (χ2v) is 8.06. The Morgan fingerprint density at radius 2 is 1.93 bits per heavy atom. The van der Waals surface area contributed by atoms with E-state index in [2.05, 4.69) is 25.1 Å². The van der Waals surface area contributed by atoms with E-state index in [9.17, 15) is 8.42 Å². The fourth-order valence-electron chi connectivity index (χ4n) is 2.83. The largest absolute Gasteiger partial charge is 0.481 e. The highest BCUT2D eigenvalue weighted by atomic mass is 32.2. The Balaban J connectivity index is 1.67. The fraction of sp³-hybridized carbons (Fsp3) is 0.105. The molecule has 0 amide bonds. The van der Waals surface area contributed by atoms with Crippen LogP contribution in [0.25, 0.3) is 16.8 Å². The quantitative estimate of drug-likeness (QED) is 0.503. The minimum absolute atomic E-state index is 0.475. The van der Waals surface area contributed by atoms with Crippen LogP contribution in [0.1, 0.15) is 0 Å². The van der Waals surface area contributed by atoms with Gasteiger partial charge >= 0.3 is 0 Å². The molecule has 10 heteroatoms. The first-order valence-electron chi connectivity index (χ1n) is 8.61. The molecule has 0 aliphatic rings. The summed E-state index contributed by atoms with van der Waals surface area (Å²) in [4.78, 5) is 8.81. The number of rotatable bonds is 6. The molecule has 0 saturated heterocycles. The standard InChI is InChI=1S/C19H18N6O3S/c1-28-18-7-6-15(11-20-18)22-17-8-9-25-19(23-17)16(12-21-25)13-4-3-5-14(10-13)24-29(2,26)27/h3-12,24H,1-2H3,(H,22,23). The van der Waals surface area contributed by atoms with Gasteiger partial charge in [-0.2, -0.15) is 5.10 Å². The smallest absolute Gasteiger partial charge is 0.229 e. The molecule has 0 aliphatic carbocycles. The van der Waals surface area contributed by atoms with Crippen LogP contribution in [0.5, 0.6) is 5.88 Å². The summed E-state index contributed by atoms with van der Waals surface area (Å²) in [5, 5.41) is 7.53. The van der Waals surface area contributed by atoms with E-state index in [1.807, 2.05) is 12.1 Å². The Bertz CT molecular complexity index is 1270. The maximum Gasteiger partial charge on any atom is 0.229 e. The highest BCUT2D eigenvalue weighted by Gasteiger charge is 2.11. The van der Waals surface area contributed by atoms with Crippen molar-refractivity contribution in [1.82, 2.24) is 19.6 Å². The zero-order valence-corrected chi connectivity index (χ0v) is 16.5. The second kappa shape index (κ2) is 7.40. The summed E-state index contributed by atoms with van der Waals surface area (Å²) in [5.41, 5.74) is 3.45. The van der Waals surface area contributed by atoms with Gasteiger partial charge in [-0.3, -0.25) is 4.72 Å². The zero-order valence-electron chi connectivity index (χ0n) is 15.7. The monoisotopic (exact) mass is 410 g/mol. The van der Waals surface area contributed by atoms with E-state index in [4.69, 9.17) is 4.74 Å². The van der Waals surface area contributed by atoms with E-state index in [1.54, 1.807) is 60.5 Å². The second-order valence-electron chi connectivity index (χ2n) is 6.31. The topological polar surface area (TPSA) is 111 Å². The predicted molar refractivity (Wildman–Crippen MR) is 111 cm³/mol. The minimum Gasteiger partial charge on any atom is -0.481 e. The Labute approximate surface area is 167 Å². The lowest BCUT2D eigenvalue weighted by molar-refractivity contribution is 0.398. The lowest BCUT2D eigenvalue weighted by Crippen LogP contribution is -2.09. The number of fused-ring (bicyclic) bond motifs is 1. The van der Waals surface area contributed by atoms with Gasteiger partial charge in [-0.15, -0.1) is 0 Å². The number of anilines is 3. The molecule has 9 nitrogen and oxygen atoms in total. The van der Waals surface area contributed by atoms with Crippen molar-refractivity contribution >= 4 is 32.9 Å². The van der Waals surface area contributed by atoms with Gasteiger partial charge in [-0.25, -0.2) is 22.9 Å². The van der Waals surface area contributed by atoms with Crippen LogP contribution in [-0.4, -0.2) is 41.4 Å². The van der Waals surface area contributed by atoms with Crippen molar-refractivity contribution in [3.05, 3.63) is 61.1 Å². The molecule has 4 rings (SSSR count).